The number of nitrogens with one attached hydrogen (secondary N) is 1. The van der Waals surface area contributed by atoms with E-state index in [9.17, 15) is 13.2 Å². The molecule has 2 unspecified atom stereocenters. The number of nitrogens with zero attached hydrogens (tertiary/aromatic N) is 1. The topological polar surface area (TPSA) is 24.9 Å². The van der Waals surface area contributed by atoms with Crippen LogP contribution in [0.3, 0.4) is 0 Å². The zero-order valence-electron chi connectivity index (χ0n) is 14.0. The molecule has 1 saturated heterocycles. The summed E-state index contributed by atoms with van der Waals surface area (Å²) >= 11 is -0.0464. The van der Waals surface area contributed by atoms with Gasteiger partial charge in [0.05, 0.1) is 0 Å². The van der Waals surface area contributed by atoms with Crippen LogP contribution in [0.5, 0.6) is 0 Å². The van der Waals surface area contributed by atoms with E-state index in [1.165, 1.54) is 12.8 Å². The van der Waals surface area contributed by atoms with Gasteiger partial charge >= 0.3 is 5.51 Å². The molecule has 2 aromatic rings. The molecule has 2 heterocycles. The van der Waals surface area contributed by atoms with Crippen LogP contribution in [-0.2, 0) is 0 Å². The Morgan fingerprint density at radius 2 is 1.88 bits per heavy atom. The lowest BCUT2D eigenvalue weighted by Crippen LogP contribution is -2.39. The van der Waals surface area contributed by atoms with E-state index < -0.39 is 5.51 Å². The Balaban J connectivity index is 1.94. The summed E-state index contributed by atoms with van der Waals surface area (Å²) < 4.78 is 38.0. The van der Waals surface area contributed by atoms with E-state index in [2.05, 4.69) is 10.3 Å². The average Bonchev–Trinajstić information content (AvgIpc) is 2.58. The number of hydrogen-bond donors (Lipinski definition) is 1. The third-order valence-electron chi connectivity index (χ3n) is 4.60. The number of aryl methyl sites for hydroxylation is 1. The van der Waals surface area contributed by atoms with Gasteiger partial charge in [-0.25, -0.2) is 0 Å². The highest BCUT2D eigenvalue weighted by Crippen LogP contribution is 2.40. The quantitative estimate of drug-likeness (QED) is 0.746. The lowest BCUT2D eigenvalue weighted by Gasteiger charge is -2.32. The van der Waals surface area contributed by atoms with Crippen LogP contribution in [-0.4, -0.2) is 23.1 Å². The molecule has 1 N–H and O–H groups in total. The Morgan fingerprint density at radius 3 is 2.48 bits per heavy atom. The van der Waals surface area contributed by atoms with Crippen molar-refractivity contribution in [3.63, 3.8) is 0 Å². The van der Waals surface area contributed by atoms with E-state index in [1.54, 1.807) is 25.4 Å². The minimum Gasteiger partial charge on any atom is -0.313 e. The first-order valence-electron chi connectivity index (χ1n) is 8.43. The molecule has 6 heteroatoms. The monoisotopic (exact) mass is 366 g/mol. The number of piperidine rings is 1. The zero-order valence-corrected chi connectivity index (χ0v) is 14.8. The third kappa shape index (κ3) is 4.76. The largest absolute Gasteiger partial charge is 0.446 e. The maximum atomic E-state index is 12.7. The molecule has 0 amide bonds. The Labute approximate surface area is 150 Å². The number of rotatable bonds is 4. The van der Waals surface area contributed by atoms with Crippen LogP contribution in [0.15, 0.2) is 47.6 Å². The van der Waals surface area contributed by atoms with Gasteiger partial charge in [-0.3, -0.25) is 4.98 Å². The normalized spacial score (nSPS) is 19.6. The molecule has 1 aromatic heterocycles. The van der Waals surface area contributed by atoms with E-state index in [1.807, 2.05) is 24.3 Å². The summed E-state index contributed by atoms with van der Waals surface area (Å²) in [5.74, 6) is 0.118. The van der Waals surface area contributed by atoms with Crippen molar-refractivity contribution in [1.29, 1.82) is 0 Å². The summed E-state index contributed by atoms with van der Waals surface area (Å²) in [6, 6.07) is 9.61. The van der Waals surface area contributed by atoms with Crippen LogP contribution in [0.1, 0.15) is 41.9 Å². The molecule has 1 aromatic carbocycles. The van der Waals surface area contributed by atoms with Gasteiger partial charge < -0.3 is 5.32 Å². The molecule has 134 valence electrons. The highest BCUT2D eigenvalue weighted by atomic mass is 32.2. The van der Waals surface area contributed by atoms with Gasteiger partial charge in [-0.1, -0.05) is 18.6 Å². The SMILES string of the molecule is Cc1cc(C(c2ccncc2)C2CCCCN2)ccc1SC(F)(F)F. The van der Waals surface area contributed by atoms with E-state index >= 15 is 0 Å². The van der Waals surface area contributed by atoms with Crippen molar-refractivity contribution in [3.05, 3.63) is 59.4 Å². The van der Waals surface area contributed by atoms with Crippen molar-refractivity contribution in [2.45, 2.75) is 48.5 Å². The minimum absolute atomic E-state index is 0.0464. The molecule has 25 heavy (non-hydrogen) atoms. The van der Waals surface area contributed by atoms with Crippen LogP contribution in [0.2, 0.25) is 0 Å². The number of pyridine rings is 1. The molecule has 1 aliphatic rings. The molecular formula is C19H21F3N2S. The molecule has 0 aliphatic carbocycles. The minimum atomic E-state index is -4.26. The predicted octanol–water partition coefficient (Wildman–Crippen LogP) is 5.28. The second kappa shape index (κ2) is 7.79. The predicted molar refractivity (Wildman–Crippen MR) is 94.8 cm³/mol. The van der Waals surface area contributed by atoms with Crippen molar-refractivity contribution in [1.82, 2.24) is 10.3 Å². The average molecular weight is 366 g/mol. The van der Waals surface area contributed by atoms with Crippen molar-refractivity contribution >= 4 is 11.8 Å². The van der Waals surface area contributed by atoms with Crippen molar-refractivity contribution in [3.8, 4) is 0 Å². The van der Waals surface area contributed by atoms with Crippen molar-refractivity contribution < 1.29 is 13.2 Å². The fraction of sp³-hybridized carbons (Fsp3) is 0.421. The molecule has 3 rings (SSSR count). The summed E-state index contributed by atoms with van der Waals surface area (Å²) in [5, 5.41) is 3.58. The number of hydrogen-bond acceptors (Lipinski definition) is 3. The van der Waals surface area contributed by atoms with Crippen LogP contribution >= 0.6 is 11.8 Å². The lowest BCUT2D eigenvalue weighted by atomic mass is 9.81. The number of thioether (sulfide) groups is 1. The number of aromatic nitrogens is 1. The van der Waals surface area contributed by atoms with E-state index in [-0.39, 0.29) is 28.6 Å². The van der Waals surface area contributed by atoms with E-state index in [0.29, 0.717) is 5.56 Å². The van der Waals surface area contributed by atoms with Gasteiger partial charge in [0.15, 0.2) is 0 Å². The zero-order chi connectivity index (χ0) is 17.9. The molecule has 2 nitrogen and oxygen atoms in total. The van der Waals surface area contributed by atoms with E-state index in [0.717, 1.165) is 24.1 Å². The first-order valence-corrected chi connectivity index (χ1v) is 9.25. The van der Waals surface area contributed by atoms with Crippen LogP contribution in [0, 0.1) is 6.92 Å². The summed E-state index contributed by atoms with van der Waals surface area (Å²) in [6.45, 7) is 2.72. The molecular weight excluding hydrogens is 345 g/mol. The molecule has 0 radical (unpaired) electrons. The van der Waals surface area contributed by atoms with Crippen LogP contribution in [0.4, 0.5) is 13.2 Å². The van der Waals surface area contributed by atoms with Gasteiger partial charge in [0.25, 0.3) is 0 Å². The number of alkyl halides is 3. The third-order valence-corrected chi connectivity index (χ3v) is 5.51. The van der Waals surface area contributed by atoms with Gasteiger partial charge in [-0.2, -0.15) is 13.2 Å². The second-order valence-electron chi connectivity index (χ2n) is 6.39. The number of halogens is 3. The highest BCUT2D eigenvalue weighted by Gasteiger charge is 2.31. The fourth-order valence-electron chi connectivity index (χ4n) is 3.50. The molecule has 0 saturated carbocycles. The molecule has 2 atom stereocenters. The van der Waals surface area contributed by atoms with E-state index in [4.69, 9.17) is 0 Å². The van der Waals surface area contributed by atoms with Crippen LogP contribution in [0.25, 0.3) is 0 Å². The van der Waals surface area contributed by atoms with Gasteiger partial charge in [-0.15, -0.1) is 0 Å². The molecule has 0 bridgehead atoms. The molecule has 1 fully saturated rings. The number of benzene rings is 1. The molecule has 1 aliphatic heterocycles. The summed E-state index contributed by atoms with van der Waals surface area (Å²) in [7, 11) is 0. The van der Waals surface area contributed by atoms with Crippen molar-refractivity contribution in [2.75, 3.05) is 6.54 Å². The Hall–Kier alpha value is -1.53. The Bertz CT molecular complexity index is 698. The smallest absolute Gasteiger partial charge is 0.313 e. The summed E-state index contributed by atoms with van der Waals surface area (Å²) in [6.07, 6.45) is 6.93. The second-order valence-corrected chi connectivity index (χ2v) is 7.49. The lowest BCUT2D eigenvalue weighted by molar-refractivity contribution is -0.0328. The first-order chi connectivity index (χ1) is 11.9. The van der Waals surface area contributed by atoms with Gasteiger partial charge in [0.1, 0.15) is 0 Å². The van der Waals surface area contributed by atoms with Crippen molar-refractivity contribution in [2.24, 2.45) is 0 Å². The van der Waals surface area contributed by atoms with Crippen LogP contribution < -0.4 is 5.32 Å². The Kier molecular flexibility index (Phi) is 5.69. The maximum absolute atomic E-state index is 12.7. The first kappa shape index (κ1) is 18.3. The fourth-order valence-corrected chi connectivity index (χ4v) is 4.10. The summed E-state index contributed by atoms with van der Waals surface area (Å²) in [5.41, 5.74) is -1.41. The Morgan fingerprint density at radius 1 is 1.12 bits per heavy atom. The van der Waals surface area contributed by atoms with Gasteiger partial charge in [0.2, 0.25) is 0 Å². The van der Waals surface area contributed by atoms with Gasteiger partial charge in [0, 0.05) is 29.2 Å². The maximum Gasteiger partial charge on any atom is 0.446 e. The molecule has 0 spiro atoms. The van der Waals surface area contributed by atoms with Gasteiger partial charge in [-0.05, 0) is 73.0 Å². The highest BCUT2D eigenvalue weighted by molar-refractivity contribution is 8.00. The summed E-state index contributed by atoms with van der Waals surface area (Å²) in [4.78, 5) is 4.35. The standard InChI is InChI=1S/C19H21F3N2S/c1-13-12-15(5-6-17(13)25-19(20,21)22)18(14-7-10-23-11-8-14)16-4-2-3-9-24-16/h5-8,10-12,16,18,24H,2-4,9H2,1H3.